The van der Waals surface area contributed by atoms with E-state index in [1.165, 1.54) is 35.2 Å². The zero-order valence-corrected chi connectivity index (χ0v) is 10.7. The number of nitrogens with two attached hydrogens (primary N) is 1. The molecule has 18 heavy (non-hydrogen) atoms. The normalized spacial score (nSPS) is 10.3. The van der Waals surface area contributed by atoms with Gasteiger partial charge in [0.25, 0.3) is 0 Å². The molecule has 0 fully saturated rings. The molecule has 0 saturated carbocycles. The Bertz CT molecular complexity index is 560. The van der Waals surface area contributed by atoms with Crippen molar-refractivity contribution < 1.29 is 9.18 Å². The SMILES string of the molecule is Nc1nnc(SCC(=O)Nc2ccccc2F)s1. The zero-order chi connectivity index (χ0) is 13.0. The average molecular weight is 284 g/mol. The van der Waals surface area contributed by atoms with Crippen molar-refractivity contribution in [1.82, 2.24) is 10.2 Å². The third kappa shape index (κ3) is 3.41. The number of nitrogens with one attached hydrogen (secondary N) is 1. The lowest BCUT2D eigenvalue weighted by atomic mass is 10.3. The van der Waals surface area contributed by atoms with Gasteiger partial charge in [-0.3, -0.25) is 4.79 Å². The molecule has 0 radical (unpaired) electrons. The Balaban J connectivity index is 1.88. The molecule has 94 valence electrons. The van der Waals surface area contributed by atoms with Gasteiger partial charge in [0.2, 0.25) is 11.0 Å². The van der Waals surface area contributed by atoms with Gasteiger partial charge in [0.05, 0.1) is 11.4 Å². The smallest absolute Gasteiger partial charge is 0.234 e. The number of amides is 1. The van der Waals surface area contributed by atoms with E-state index in [1.54, 1.807) is 12.1 Å². The molecule has 8 heteroatoms. The van der Waals surface area contributed by atoms with E-state index in [-0.39, 0.29) is 17.3 Å². The van der Waals surface area contributed by atoms with Crippen LogP contribution in [-0.4, -0.2) is 21.9 Å². The van der Waals surface area contributed by atoms with Crippen molar-refractivity contribution >= 4 is 39.8 Å². The summed E-state index contributed by atoms with van der Waals surface area (Å²) in [5, 5.41) is 10.2. The molecule has 0 saturated heterocycles. The molecule has 0 bridgehead atoms. The van der Waals surface area contributed by atoms with Crippen LogP contribution >= 0.6 is 23.1 Å². The Morgan fingerprint density at radius 3 is 2.89 bits per heavy atom. The van der Waals surface area contributed by atoms with E-state index in [2.05, 4.69) is 15.5 Å². The van der Waals surface area contributed by atoms with E-state index in [0.717, 1.165) is 0 Å². The lowest BCUT2D eigenvalue weighted by molar-refractivity contribution is -0.113. The van der Waals surface area contributed by atoms with Crippen LogP contribution in [0.25, 0.3) is 0 Å². The molecule has 1 aromatic heterocycles. The number of anilines is 2. The Morgan fingerprint density at radius 2 is 2.22 bits per heavy atom. The highest BCUT2D eigenvalue weighted by Gasteiger charge is 2.09. The topological polar surface area (TPSA) is 80.9 Å². The molecule has 0 unspecified atom stereocenters. The van der Waals surface area contributed by atoms with Gasteiger partial charge in [0.15, 0.2) is 4.34 Å². The molecule has 1 amide bonds. The number of carbonyl (C=O) groups excluding carboxylic acids is 1. The van der Waals surface area contributed by atoms with Gasteiger partial charge in [-0.15, -0.1) is 10.2 Å². The number of aromatic nitrogens is 2. The van der Waals surface area contributed by atoms with Gasteiger partial charge in [-0.2, -0.15) is 0 Å². The molecule has 0 aliphatic carbocycles. The van der Waals surface area contributed by atoms with Gasteiger partial charge in [0, 0.05) is 0 Å². The van der Waals surface area contributed by atoms with Crippen LogP contribution in [0.15, 0.2) is 28.6 Å². The molecule has 5 nitrogen and oxygen atoms in total. The molecule has 1 aromatic carbocycles. The molecular weight excluding hydrogens is 275 g/mol. The summed E-state index contributed by atoms with van der Waals surface area (Å²) in [7, 11) is 0. The Labute approximate surface area is 111 Å². The maximum atomic E-state index is 13.3. The summed E-state index contributed by atoms with van der Waals surface area (Å²) in [5.41, 5.74) is 5.58. The van der Waals surface area contributed by atoms with Crippen molar-refractivity contribution in [2.45, 2.75) is 4.34 Å². The minimum atomic E-state index is -0.462. The standard InChI is InChI=1S/C10H9FN4OS2/c11-6-3-1-2-4-7(6)13-8(16)5-17-10-15-14-9(12)18-10/h1-4H,5H2,(H2,12,14)(H,13,16). The van der Waals surface area contributed by atoms with E-state index in [9.17, 15) is 9.18 Å². The van der Waals surface area contributed by atoms with Crippen molar-refractivity contribution in [3.05, 3.63) is 30.1 Å². The van der Waals surface area contributed by atoms with E-state index in [0.29, 0.717) is 9.47 Å². The molecule has 0 aliphatic rings. The van der Waals surface area contributed by atoms with Crippen molar-refractivity contribution in [2.75, 3.05) is 16.8 Å². The fourth-order valence-electron chi connectivity index (χ4n) is 1.15. The third-order valence-electron chi connectivity index (χ3n) is 1.90. The third-order valence-corrected chi connectivity index (χ3v) is 3.78. The van der Waals surface area contributed by atoms with Crippen molar-refractivity contribution in [3.63, 3.8) is 0 Å². The number of nitrogen functional groups attached to an aromatic ring is 1. The second kappa shape index (κ2) is 5.78. The molecule has 2 aromatic rings. The number of rotatable bonds is 4. The van der Waals surface area contributed by atoms with Gasteiger partial charge in [-0.25, -0.2) is 4.39 Å². The molecule has 0 spiro atoms. The predicted molar refractivity (Wildman–Crippen MR) is 70.1 cm³/mol. The fraction of sp³-hybridized carbons (Fsp3) is 0.100. The maximum absolute atomic E-state index is 13.3. The van der Waals surface area contributed by atoms with Gasteiger partial charge in [0.1, 0.15) is 5.82 Å². The summed E-state index contributed by atoms with van der Waals surface area (Å²) in [6, 6.07) is 6.00. The van der Waals surface area contributed by atoms with E-state index >= 15 is 0 Å². The molecule has 0 atom stereocenters. The quantitative estimate of drug-likeness (QED) is 0.839. The van der Waals surface area contributed by atoms with E-state index in [1.807, 2.05) is 0 Å². The second-order valence-corrected chi connectivity index (χ2v) is 5.45. The van der Waals surface area contributed by atoms with Crippen LogP contribution in [0.5, 0.6) is 0 Å². The fourth-order valence-corrected chi connectivity index (χ4v) is 2.59. The monoisotopic (exact) mass is 284 g/mol. The number of halogens is 1. The first kappa shape index (κ1) is 12.8. The van der Waals surface area contributed by atoms with Crippen LogP contribution < -0.4 is 11.1 Å². The summed E-state index contributed by atoms with van der Waals surface area (Å²) >= 11 is 2.41. The summed E-state index contributed by atoms with van der Waals surface area (Å²) < 4.78 is 13.9. The van der Waals surface area contributed by atoms with Gasteiger partial charge in [-0.1, -0.05) is 35.2 Å². The van der Waals surface area contributed by atoms with Crippen molar-refractivity contribution in [3.8, 4) is 0 Å². The number of thioether (sulfide) groups is 1. The first-order valence-electron chi connectivity index (χ1n) is 4.91. The number of para-hydroxylation sites is 1. The lowest BCUT2D eigenvalue weighted by Gasteiger charge is -2.04. The van der Waals surface area contributed by atoms with Crippen molar-refractivity contribution in [1.29, 1.82) is 0 Å². The summed E-state index contributed by atoms with van der Waals surface area (Å²) in [6.07, 6.45) is 0. The van der Waals surface area contributed by atoms with Crippen LogP contribution in [-0.2, 0) is 4.79 Å². The average Bonchev–Trinajstić information content (AvgIpc) is 2.76. The number of carbonyl (C=O) groups is 1. The second-order valence-electron chi connectivity index (χ2n) is 3.22. The Hall–Kier alpha value is -1.67. The maximum Gasteiger partial charge on any atom is 0.234 e. The highest BCUT2D eigenvalue weighted by atomic mass is 32.2. The van der Waals surface area contributed by atoms with E-state index < -0.39 is 5.82 Å². The Morgan fingerprint density at radius 1 is 1.44 bits per heavy atom. The molecule has 2 rings (SSSR count). The summed E-state index contributed by atoms with van der Waals surface area (Å²) in [6.45, 7) is 0. The van der Waals surface area contributed by atoms with Crippen LogP contribution in [0.1, 0.15) is 0 Å². The van der Waals surface area contributed by atoms with Crippen LogP contribution in [0, 0.1) is 5.82 Å². The van der Waals surface area contributed by atoms with Crippen molar-refractivity contribution in [2.24, 2.45) is 0 Å². The number of hydrogen-bond acceptors (Lipinski definition) is 6. The van der Waals surface area contributed by atoms with E-state index in [4.69, 9.17) is 5.73 Å². The van der Waals surface area contributed by atoms with Crippen LogP contribution in [0.4, 0.5) is 15.2 Å². The largest absolute Gasteiger partial charge is 0.374 e. The van der Waals surface area contributed by atoms with Crippen LogP contribution in [0.3, 0.4) is 0 Å². The zero-order valence-electron chi connectivity index (χ0n) is 9.09. The molecule has 1 heterocycles. The number of benzene rings is 1. The summed E-state index contributed by atoms with van der Waals surface area (Å²) in [5.74, 6) is -0.641. The first-order chi connectivity index (χ1) is 8.65. The van der Waals surface area contributed by atoms with Crippen LogP contribution in [0.2, 0.25) is 0 Å². The number of nitrogens with zero attached hydrogens (tertiary/aromatic N) is 2. The Kier molecular flexibility index (Phi) is 4.11. The predicted octanol–water partition coefficient (Wildman–Crippen LogP) is 1.99. The first-order valence-corrected chi connectivity index (χ1v) is 6.71. The molecule has 0 aliphatic heterocycles. The molecule has 3 N–H and O–H groups in total. The molecular formula is C10H9FN4OS2. The highest BCUT2D eigenvalue weighted by Crippen LogP contribution is 2.23. The lowest BCUT2D eigenvalue weighted by Crippen LogP contribution is -2.14. The number of hydrogen-bond donors (Lipinski definition) is 2. The highest BCUT2D eigenvalue weighted by molar-refractivity contribution is 8.01. The van der Waals surface area contributed by atoms with Gasteiger partial charge >= 0.3 is 0 Å². The van der Waals surface area contributed by atoms with Gasteiger partial charge < -0.3 is 11.1 Å². The minimum Gasteiger partial charge on any atom is -0.374 e. The summed E-state index contributed by atoms with van der Waals surface area (Å²) in [4.78, 5) is 11.6. The van der Waals surface area contributed by atoms with Gasteiger partial charge in [-0.05, 0) is 12.1 Å². The minimum absolute atomic E-state index is 0.128.